The maximum Gasteiger partial charge on any atom is 0.228 e. The fourth-order valence-corrected chi connectivity index (χ4v) is 4.13. The van der Waals surface area contributed by atoms with E-state index < -0.39 is 0 Å². The Balaban J connectivity index is 1.29. The average Bonchev–Trinajstić information content (AvgIpc) is 3.45. The van der Waals surface area contributed by atoms with Gasteiger partial charge in [0, 0.05) is 32.2 Å². The largest absolute Gasteiger partial charge is 0.381 e. The van der Waals surface area contributed by atoms with Gasteiger partial charge in [-0.25, -0.2) is 4.68 Å². The summed E-state index contributed by atoms with van der Waals surface area (Å²) in [5, 5.41) is 7.44. The van der Waals surface area contributed by atoms with E-state index in [0.29, 0.717) is 26.1 Å². The van der Waals surface area contributed by atoms with Gasteiger partial charge in [-0.05, 0) is 31.2 Å². The molecule has 3 heterocycles. The summed E-state index contributed by atoms with van der Waals surface area (Å²) in [7, 11) is 0. The summed E-state index contributed by atoms with van der Waals surface area (Å²) < 4.78 is 7.25. The molecule has 2 aliphatic heterocycles. The van der Waals surface area contributed by atoms with E-state index in [9.17, 15) is 9.59 Å². The lowest BCUT2D eigenvalue weighted by Gasteiger charge is -2.34. The highest BCUT2D eigenvalue weighted by Gasteiger charge is 2.31. The lowest BCUT2D eigenvalue weighted by molar-refractivity contribution is -0.136. The first-order chi connectivity index (χ1) is 14.2. The molecule has 2 aliphatic rings. The molecular weight excluding hydrogens is 368 g/mol. The molecule has 1 atom stereocenters. The van der Waals surface area contributed by atoms with Gasteiger partial charge in [-0.3, -0.25) is 9.59 Å². The molecule has 4 rings (SSSR count). The number of benzene rings is 1. The SMILES string of the molecule is O=C(CCc1ccccc1)Nc1ccnn1C1CCN(C(=O)[C@H]2CCOC2)CC1. The average molecular weight is 396 g/mol. The van der Waals surface area contributed by atoms with Crippen molar-refractivity contribution in [3.05, 3.63) is 48.2 Å². The number of amides is 2. The van der Waals surface area contributed by atoms with Crippen LogP contribution in [0, 0.1) is 5.92 Å². The van der Waals surface area contributed by atoms with E-state index in [4.69, 9.17) is 4.74 Å². The van der Waals surface area contributed by atoms with Gasteiger partial charge in [-0.2, -0.15) is 5.10 Å². The third-order valence-corrected chi connectivity index (χ3v) is 5.82. The number of rotatable bonds is 6. The van der Waals surface area contributed by atoms with Crippen LogP contribution in [0.4, 0.5) is 5.82 Å². The Kier molecular flexibility index (Phi) is 6.24. The molecule has 2 amide bonds. The third kappa shape index (κ3) is 4.85. The highest BCUT2D eigenvalue weighted by atomic mass is 16.5. The number of anilines is 1. The number of aryl methyl sites for hydroxylation is 1. The summed E-state index contributed by atoms with van der Waals surface area (Å²) in [4.78, 5) is 26.9. The number of hydrogen-bond donors (Lipinski definition) is 1. The van der Waals surface area contributed by atoms with E-state index >= 15 is 0 Å². The van der Waals surface area contributed by atoms with Crippen molar-refractivity contribution in [1.29, 1.82) is 0 Å². The topological polar surface area (TPSA) is 76.5 Å². The van der Waals surface area contributed by atoms with Gasteiger partial charge in [0.25, 0.3) is 0 Å². The van der Waals surface area contributed by atoms with E-state index in [1.807, 2.05) is 46.0 Å². The Bertz CT molecular complexity index is 822. The monoisotopic (exact) mass is 396 g/mol. The second kappa shape index (κ2) is 9.22. The first-order valence-electron chi connectivity index (χ1n) is 10.4. The van der Waals surface area contributed by atoms with E-state index in [0.717, 1.165) is 43.7 Å². The first kappa shape index (κ1) is 19.6. The Hall–Kier alpha value is -2.67. The van der Waals surface area contributed by atoms with Crippen molar-refractivity contribution in [3.8, 4) is 0 Å². The summed E-state index contributed by atoms with van der Waals surface area (Å²) in [5.74, 6) is 0.966. The lowest BCUT2D eigenvalue weighted by atomic mass is 10.0. The van der Waals surface area contributed by atoms with Crippen LogP contribution in [-0.4, -0.2) is 52.8 Å². The number of likely N-dealkylation sites (tertiary alicyclic amines) is 1. The number of ether oxygens (including phenoxy) is 1. The molecule has 0 aliphatic carbocycles. The number of nitrogens with zero attached hydrogens (tertiary/aromatic N) is 3. The molecule has 0 radical (unpaired) electrons. The third-order valence-electron chi connectivity index (χ3n) is 5.82. The van der Waals surface area contributed by atoms with E-state index in [1.54, 1.807) is 6.20 Å². The maximum absolute atomic E-state index is 12.6. The fraction of sp³-hybridized carbons (Fsp3) is 0.500. The van der Waals surface area contributed by atoms with Crippen LogP contribution in [0.1, 0.15) is 37.3 Å². The number of carbonyl (C=O) groups is 2. The highest BCUT2D eigenvalue weighted by Crippen LogP contribution is 2.27. The number of aromatic nitrogens is 2. The summed E-state index contributed by atoms with van der Waals surface area (Å²) in [5.41, 5.74) is 1.15. The van der Waals surface area contributed by atoms with Crippen LogP contribution in [0.25, 0.3) is 0 Å². The van der Waals surface area contributed by atoms with Crippen molar-refractivity contribution in [3.63, 3.8) is 0 Å². The molecule has 29 heavy (non-hydrogen) atoms. The predicted molar refractivity (Wildman–Crippen MR) is 109 cm³/mol. The zero-order valence-electron chi connectivity index (χ0n) is 16.6. The van der Waals surface area contributed by atoms with Crippen LogP contribution in [-0.2, 0) is 20.7 Å². The first-order valence-corrected chi connectivity index (χ1v) is 10.4. The summed E-state index contributed by atoms with van der Waals surface area (Å²) in [6, 6.07) is 12.0. The fourth-order valence-electron chi connectivity index (χ4n) is 4.13. The quantitative estimate of drug-likeness (QED) is 0.814. The van der Waals surface area contributed by atoms with Gasteiger partial charge in [-0.15, -0.1) is 0 Å². The van der Waals surface area contributed by atoms with Gasteiger partial charge in [0.05, 0.1) is 24.8 Å². The minimum atomic E-state index is -0.00977. The van der Waals surface area contributed by atoms with Crippen molar-refractivity contribution in [2.45, 2.75) is 38.1 Å². The normalized spacial score (nSPS) is 20.0. The highest BCUT2D eigenvalue weighted by molar-refractivity contribution is 5.90. The molecule has 0 spiro atoms. The molecule has 2 aromatic rings. The van der Waals surface area contributed by atoms with Crippen molar-refractivity contribution in [2.75, 3.05) is 31.6 Å². The molecular formula is C22H28N4O3. The van der Waals surface area contributed by atoms with Crippen LogP contribution in [0.5, 0.6) is 0 Å². The van der Waals surface area contributed by atoms with E-state index in [2.05, 4.69) is 10.4 Å². The second-order valence-electron chi connectivity index (χ2n) is 7.81. The number of hydrogen-bond acceptors (Lipinski definition) is 4. The lowest BCUT2D eigenvalue weighted by Crippen LogP contribution is -2.42. The van der Waals surface area contributed by atoms with Gasteiger partial charge < -0.3 is 15.0 Å². The number of nitrogens with one attached hydrogen (secondary N) is 1. The molecule has 1 aromatic carbocycles. The molecule has 0 saturated carbocycles. The van der Waals surface area contributed by atoms with Crippen LogP contribution in [0.2, 0.25) is 0 Å². The predicted octanol–water partition coefficient (Wildman–Crippen LogP) is 2.65. The Morgan fingerprint density at radius 1 is 1.10 bits per heavy atom. The smallest absolute Gasteiger partial charge is 0.228 e. The van der Waals surface area contributed by atoms with Crippen molar-refractivity contribution >= 4 is 17.6 Å². The van der Waals surface area contributed by atoms with Crippen LogP contribution in [0.3, 0.4) is 0 Å². The van der Waals surface area contributed by atoms with Crippen molar-refractivity contribution in [2.24, 2.45) is 5.92 Å². The molecule has 0 unspecified atom stereocenters. The van der Waals surface area contributed by atoms with Gasteiger partial charge in [0.15, 0.2) is 0 Å². The molecule has 154 valence electrons. The van der Waals surface area contributed by atoms with Crippen molar-refractivity contribution in [1.82, 2.24) is 14.7 Å². The van der Waals surface area contributed by atoms with Crippen LogP contribution < -0.4 is 5.32 Å². The zero-order chi connectivity index (χ0) is 20.1. The summed E-state index contributed by atoms with van der Waals surface area (Å²) in [6.07, 6.45) is 5.39. The Labute approximate surface area is 171 Å². The van der Waals surface area contributed by atoms with Gasteiger partial charge in [-0.1, -0.05) is 30.3 Å². The van der Waals surface area contributed by atoms with Crippen LogP contribution >= 0.6 is 0 Å². The number of carbonyl (C=O) groups excluding carboxylic acids is 2. The standard InChI is InChI=1S/C22H28N4O3/c27-21(7-6-17-4-2-1-3-5-17)24-20-8-12-23-26(20)19-9-13-25(14-10-19)22(28)18-11-15-29-16-18/h1-5,8,12,18-19H,6-7,9-11,13-16H2,(H,24,27)/t18-/m0/s1. The molecule has 7 nitrogen and oxygen atoms in total. The minimum Gasteiger partial charge on any atom is -0.381 e. The molecule has 0 bridgehead atoms. The van der Waals surface area contributed by atoms with Crippen molar-refractivity contribution < 1.29 is 14.3 Å². The Morgan fingerprint density at radius 3 is 2.62 bits per heavy atom. The molecule has 2 saturated heterocycles. The molecule has 7 heteroatoms. The van der Waals surface area contributed by atoms with Gasteiger partial charge >= 0.3 is 0 Å². The zero-order valence-corrected chi connectivity index (χ0v) is 16.6. The van der Waals surface area contributed by atoms with Gasteiger partial charge in [0.1, 0.15) is 5.82 Å². The molecule has 1 N–H and O–H groups in total. The minimum absolute atomic E-state index is 0.00977. The molecule has 1 aromatic heterocycles. The van der Waals surface area contributed by atoms with Crippen LogP contribution in [0.15, 0.2) is 42.6 Å². The Morgan fingerprint density at radius 2 is 1.90 bits per heavy atom. The molecule has 2 fully saturated rings. The summed E-state index contributed by atoms with van der Waals surface area (Å²) in [6.45, 7) is 2.69. The summed E-state index contributed by atoms with van der Waals surface area (Å²) >= 11 is 0. The van der Waals surface area contributed by atoms with E-state index in [-0.39, 0.29) is 23.8 Å². The maximum atomic E-state index is 12.6. The van der Waals surface area contributed by atoms with E-state index in [1.165, 1.54) is 0 Å². The number of piperidine rings is 1. The van der Waals surface area contributed by atoms with Gasteiger partial charge in [0.2, 0.25) is 11.8 Å². The second-order valence-corrected chi connectivity index (χ2v) is 7.81.